The summed E-state index contributed by atoms with van der Waals surface area (Å²) in [6, 6.07) is 0.882. The lowest BCUT2D eigenvalue weighted by atomic mass is 10.2. The molecule has 22 heavy (non-hydrogen) atoms. The molecule has 0 aromatic carbocycles. The molecular formula is C13H13F3N2O4. The molecule has 0 unspecified atom stereocenters. The molecule has 0 amide bonds. The number of carbonyl (C=O) groups excluding carboxylic acids is 1. The Labute approximate surface area is 123 Å². The Kier molecular flexibility index (Phi) is 4.53. The van der Waals surface area contributed by atoms with E-state index < -0.39 is 23.2 Å². The Bertz CT molecular complexity index is 682. The predicted molar refractivity (Wildman–Crippen MR) is 68.3 cm³/mol. The zero-order chi connectivity index (χ0) is 16.3. The molecule has 0 aliphatic carbocycles. The van der Waals surface area contributed by atoms with E-state index in [-0.39, 0.29) is 37.1 Å². The molecule has 2 aromatic heterocycles. The average molecular weight is 318 g/mol. The summed E-state index contributed by atoms with van der Waals surface area (Å²) in [7, 11) is 0. The number of pyridine rings is 1. The summed E-state index contributed by atoms with van der Waals surface area (Å²) < 4.78 is 53.6. The van der Waals surface area contributed by atoms with Crippen molar-refractivity contribution in [1.29, 1.82) is 0 Å². The van der Waals surface area contributed by atoms with E-state index in [1.165, 1.54) is 6.92 Å². The van der Waals surface area contributed by atoms with Gasteiger partial charge in [0.25, 0.3) is 5.71 Å². The van der Waals surface area contributed by atoms with Gasteiger partial charge in [0.15, 0.2) is 0 Å². The predicted octanol–water partition coefficient (Wildman–Crippen LogP) is 2.88. The Morgan fingerprint density at radius 2 is 2.09 bits per heavy atom. The van der Waals surface area contributed by atoms with E-state index in [1.807, 2.05) is 0 Å². The molecule has 0 radical (unpaired) electrons. The highest BCUT2D eigenvalue weighted by Gasteiger charge is 2.35. The Morgan fingerprint density at radius 1 is 1.36 bits per heavy atom. The summed E-state index contributed by atoms with van der Waals surface area (Å²) in [6.07, 6.45) is -5.02. The van der Waals surface area contributed by atoms with Gasteiger partial charge in [0, 0.05) is 5.69 Å². The van der Waals surface area contributed by atoms with Gasteiger partial charge in [-0.05, 0) is 19.9 Å². The van der Waals surface area contributed by atoms with Crippen molar-refractivity contribution >= 4 is 17.2 Å². The second-order valence-electron chi connectivity index (χ2n) is 4.35. The van der Waals surface area contributed by atoms with Crippen molar-refractivity contribution in [2.45, 2.75) is 26.4 Å². The molecule has 0 bridgehead atoms. The van der Waals surface area contributed by atoms with Gasteiger partial charge in [0.2, 0.25) is 0 Å². The van der Waals surface area contributed by atoms with Gasteiger partial charge in [-0.2, -0.15) is 18.2 Å². The first-order valence-corrected chi connectivity index (χ1v) is 6.45. The van der Waals surface area contributed by atoms with Crippen molar-refractivity contribution in [3.8, 4) is 6.08 Å². The molecule has 0 aliphatic rings. The first-order chi connectivity index (χ1) is 10.3. The standard InChI is InChI=1S/C13H13F3N2O4/c1-3-20-9(19)4-5-21-12-18-10-8(13(14,15)16)6-7(2)17-11(10)22-12/h6H,3-5H2,1-2H3. The van der Waals surface area contributed by atoms with Gasteiger partial charge in [0.1, 0.15) is 12.1 Å². The average Bonchev–Trinajstić information content (AvgIpc) is 2.79. The summed E-state index contributed by atoms with van der Waals surface area (Å²) in [5.74, 6) is -0.483. The summed E-state index contributed by atoms with van der Waals surface area (Å²) in [6.45, 7) is 3.19. The van der Waals surface area contributed by atoms with Crippen LogP contribution in [-0.4, -0.2) is 29.2 Å². The molecule has 120 valence electrons. The smallest absolute Gasteiger partial charge is 0.418 e. The monoisotopic (exact) mass is 318 g/mol. The van der Waals surface area contributed by atoms with E-state index >= 15 is 0 Å². The summed E-state index contributed by atoms with van der Waals surface area (Å²) in [5.41, 5.74) is -1.49. The number of oxazole rings is 1. The second-order valence-corrected chi connectivity index (χ2v) is 4.35. The van der Waals surface area contributed by atoms with Crippen molar-refractivity contribution in [3.63, 3.8) is 0 Å². The fourth-order valence-electron chi connectivity index (χ4n) is 1.75. The molecule has 0 saturated heterocycles. The zero-order valence-electron chi connectivity index (χ0n) is 11.9. The Hall–Kier alpha value is -2.32. The van der Waals surface area contributed by atoms with E-state index in [4.69, 9.17) is 9.15 Å². The summed E-state index contributed by atoms with van der Waals surface area (Å²) in [4.78, 5) is 18.6. The first-order valence-electron chi connectivity index (χ1n) is 6.45. The van der Waals surface area contributed by atoms with Crippen LogP contribution in [0.2, 0.25) is 0 Å². The number of alkyl halides is 3. The number of hydrogen-bond acceptors (Lipinski definition) is 6. The maximum absolute atomic E-state index is 12.9. The molecular weight excluding hydrogens is 305 g/mol. The third-order valence-electron chi connectivity index (χ3n) is 2.62. The summed E-state index contributed by atoms with van der Waals surface area (Å²) >= 11 is 0. The molecule has 2 heterocycles. The molecule has 0 fully saturated rings. The molecule has 2 rings (SSSR count). The summed E-state index contributed by atoms with van der Waals surface area (Å²) in [5, 5.41) is 0. The fourth-order valence-corrected chi connectivity index (χ4v) is 1.75. The number of carbonyl (C=O) groups is 1. The Morgan fingerprint density at radius 3 is 2.73 bits per heavy atom. The number of aryl methyl sites for hydroxylation is 1. The SMILES string of the molecule is CCOC(=O)CCOc1nc2c(C(F)(F)F)cc(C)nc2o1. The molecule has 0 atom stereocenters. The van der Waals surface area contributed by atoms with Crippen LogP contribution in [0, 0.1) is 6.92 Å². The van der Waals surface area contributed by atoms with Crippen LogP contribution < -0.4 is 4.74 Å². The number of rotatable bonds is 5. The highest BCUT2D eigenvalue weighted by Crippen LogP contribution is 2.35. The third kappa shape index (κ3) is 3.66. The van der Waals surface area contributed by atoms with Crippen molar-refractivity contribution < 1.29 is 31.9 Å². The number of aromatic nitrogens is 2. The van der Waals surface area contributed by atoms with Crippen LogP contribution >= 0.6 is 0 Å². The van der Waals surface area contributed by atoms with Gasteiger partial charge >= 0.3 is 18.2 Å². The molecule has 0 N–H and O–H groups in total. The van der Waals surface area contributed by atoms with Gasteiger partial charge in [-0.1, -0.05) is 0 Å². The van der Waals surface area contributed by atoms with Gasteiger partial charge in [0.05, 0.1) is 18.6 Å². The van der Waals surface area contributed by atoms with E-state index in [9.17, 15) is 18.0 Å². The van der Waals surface area contributed by atoms with Gasteiger partial charge in [-0.15, -0.1) is 0 Å². The van der Waals surface area contributed by atoms with E-state index in [1.54, 1.807) is 6.92 Å². The van der Waals surface area contributed by atoms with Crippen molar-refractivity contribution in [2.75, 3.05) is 13.2 Å². The lowest BCUT2D eigenvalue weighted by Crippen LogP contribution is -2.09. The molecule has 6 nitrogen and oxygen atoms in total. The number of ether oxygens (including phenoxy) is 2. The maximum atomic E-state index is 12.9. The van der Waals surface area contributed by atoms with Crippen molar-refractivity contribution in [1.82, 2.24) is 9.97 Å². The van der Waals surface area contributed by atoms with Crippen LogP contribution in [0.5, 0.6) is 6.08 Å². The van der Waals surface area contributed by atoms with Gasteiger partial charge in [-0.3, -0.25) is 4.79 Å². The topological polar surface area (TPSA) is 74.5 Å². The molecule has 2 aromatic rings. The number of nitrogens with zero attached hydrogens (tertiary/aromatic N) is 2. The van der Waals surface area contributed by atoms with Gasteiger partial charge < -0.3 is 13.9 Å². The van der Waals surface area contributed by atoms with Gasteiger partial charge in [-0.25, -0.2) is 4.98 Å². The lowest BCUT2D eigenvalue weighted by molar-refractivity contribution is -0.143. The minimum atomic E-state index is -4.58. The maximum Gasteiger partial charge on any atom is 0.418 e. The lowest BCUT2D eigenvalue weighted by Gasteiger charge is -2.06. The highest BCUT2D eigenvalue weighted by molar-refractivity contribution is 5.74. The number of esters is 1. The van der Waals surface area contributed by atoms with Crippen molar-refractivity contribution in [2.24, 2.45) is 0 Å². The molecule has 0 aliphatic heterocycles. The minimum Gasteiger partial charge on any atom is -0.466 e. The molecule has 0 spiro atoms. The zero-order valence-corrected chi connectivity index (χ0v) is 11.9. The Balaban J connectivity index is 2.18. The quantitative estimate of drug-likeness (QED) is 0.789. The van der Waals surface area contributed by atoms with E-state index in [2.05, 4.69) is 14.7 Å². The first kappa shape index (κ1) is 16.1. The van der Waals surface area contributed by atoms with Crippen molar-refractivity contribution in [3.05, 3.63) is 17.3 Å². The van der Waals surface area contributed by atoms with E-state index in [0.29, 0.717) is 0 Å². The molecule has 9 heteroatoms. The number of fused-ring (bicyclic) bond motifs is 1. The number of hydrogen-bond donors (Lipinski definition) is 0. The highest BCUT2D eigenvalue weighted by atomic mass is 19.4. The van der Waals surface area contributed by atoms with Crippen LogP contribution in [0.4, 0.5) is 13.2 Å². The number of halogens is 3. The van der Waals surface area contributed by atoms with E-state index in [0.717, 1.165) is 6.07 Å². The van der Waals surface area contributed by atoms with Crippen LogP contribution in [-0.2, 0) is 15.7 Å². The van der Waals surface area contributed by atoms with Crippen LogP contribution in [0.25, 0.3) is 11.2 Å². The van der Waals surface area contributed by atoms with Crippen LogP contribution in [0.3, 0.4) is 0 Å². The minimum absolute atomic E-state index is 0.0643. The third-order valence-corrected chi connectivity index (χ3v) is 2.62. The molecule has 0 saturated carbocycles. The largest absolute Gasteiger partial charge is 0.466 e. The van der Waals surface area contributed by atoms with Crippen LogP contribution in [0.15, 0.2) is 10.5 Å². The fraction of sp³-hybridized carbons (Fsp3) is 0.462. The second kappa shape index (κ2) is 6.20. The van der Waals surface area contributed by atoms with Crippen LogP contribution in [0.1, 0.15) is 24.6 Å². The normalized spacial score (nSPS) is 11.7.